The molecule has 1 heterocycles. The third kappa shape index (κ3) is 2.29. The minimum Gasteiger partial charge on any atom is -0.319 e. The number of H-pyrrole nitrogens is 1. The number of nitrogens with one attached hydrogen (secondary N) is 1. The van der Waals surface area contributed by atoms with Crippen molar-refractivity contribution in [2.45, 2.75) is 19.4 Å². The molecular weight excluding hydrogens is 275 g/mol. The second-order valence-electron chi connectivity index (χ2n) is 4.51. The van der Waals surface area contributed by atoms with Crippen molar-refractivity contribution in [3.8, 4) is 5.69 Å². The van der Waals surface area contributed by atoms with E-state index in [1.807, 2.05) is 0 Å². The van der Waals surface area contributed by atoms with Gasteiger partial charge in [0.1, 0.15) is 0 Å². The number of halogens is 2. The first-order valence-corrected chi connectivity index (χ1v) is 5.98. The number of hydrogen-bond donors (Lipinski definition) is 2. The van der Waals surface area contributed by atoms with Crippen molar-refractivity contribution >= 4 is 23.2 Å². The van der Waals surface area contributed by atoms with Crippen LogP contribution in [0.3, 0.4) is 0 Å². The number of rotatable bonds is 2. The van der Waals surface area contributed by atoms with Crippen LogP contribution in [0, 0.1) is 0 Å². The van der Waals surface area contributed by atoms with Crippen molar-refractivity contribution in [3.05, 3.63) is 44.6 Å². The summed E-state index contributed by atoms with van der Waals surface area (Å²) in [4.78, 5) is 11.8. The summed E-state index contributed by atoms with van der Waals surface area (Å²) in [5.41, 5.74) is 5.24. The smallest absolute Gasteiger partial charge is 0.319 e. The lowest BCUT2D eigenvalue weighted by Gasteiger charge is -2.18. The van der Waals surface area contributed by atoms with Gasteiger partial charge in [0.25, 0.3) is 0 Å². The van der Waals surface area contributed by atoms with Crippen LogP contribution in [0.1, 0.15) is 19.7 Å². The summed E-state index contributed by atoms with van der Waals surface area (Å²) in [6.07, 6.45) is 0. The Labute approximate surface area is 114 Å². The molecule has 7 heteroatoms. The monoisotopic (exact) mass is 286 g/mol. The van der Waals surface area contributed by atoms with E-state index in [9.17, 15) is 4.79 Å². The van der Waals surface area contributed by atoms with E-state index in [-0.39, 0.29) is 0 Å². The number of aromatic nitrogens is 3. The van der Waals surface area contributed by atoms with Gasteiger partial charge in [-0.1, -0.05) is 23.2 Å². The summed E-state index contributed by atoms with van der Waals surface area (Å²) >= 11 is 12.0. The molecule has 2 aromatic rings. The molecule has 0 saturated heterocycles. The molecular formula is C11H12Cl2N4O. The normalized spacial score (nSPS) is 11.8. The molecule has 0 saturated carbocycles. The highest BCUT2D eigenvalue weighted by Crippen LogP contribution is 2.26. The van der Waals surface area contributed by atoms with Crippen LogP contribution in [-0.2, 0) is 5.54 Å². The zero-order valence-electron chi connectivity index (χ0n) is 9.87. The van der Waals surface area contributed by atoms with Gasteiger partial charge in [0, 0.05) is 5.02 Å². The van der Waals surface area contributed by atoms with E-state index >= 15 is 0 Å². The molecule has 2 rings (SSSR count). The molecule has 5 nitrogen and oxygen atoms in total. The van der Waals surface area contributed by atoms with Gasteiger partial charge in [0.15, 0.2) is 5.82 Å². The van der Waals surface area contributed by atoms with Crippen LogP contribution in [0.15, 0.2) is 23.0 Å². The van der Waals surface area contributed by atoms with Crippen LogP contribution >= 0.6 is 23.2 Å². The lowest BCUT2D eigenvalue weighted by molar-refractivity contribution is 0.502. The molecule has 0 unspecified atom stereocenters. The highest BCUT2D eigenvalue weighted by atomic mass is 35.5. The fourth-order valence-corrected chi connectivity index (χ4v) is 1.98. The Morgan fingerprint density at radius 3 is 2.67 bits per heavy atom. The third-order valence-electron chi connectivity index (χ3n) is 2.40. The molecule has 1 aromatic heterocycles. The van der Waals surface area contributed by atoms with E-state index in [0.717, 1.165) is 0 Å². The molecule has 96 valence electrons. The fraction of sp³-hybridized carbons (Fsp3) is 0.273. The molecule has 0 atom stereocenters. The van der Waals surface area contributed by atoms with E-state index in [0.29, 0.717) is 21.6 Å². The standard InChI is InChI=1S/C11H12Cl2N4O/c1-11(2,14)9-15-16-10(18)17(9)8-5-6(12)3-4-7(8)13/h3-5H,14H2,1-2H3,(H,16,18). The summed E-state index contributed by atoms with van der Waals surface area (Å²) in [5.74, 6) is 0.386. The summed E-state index contributed by atoms with van der Waals surface area (Å²) in [5, 5.41) is 7.17. The van der Waals surface area contributed by atoms with E-state index < -0.39 is 11.2 Å². The zero-order chi connectivity index (χ0) is 13.5. The number of aromatic amines is 1. The van der Waals surface area contributed by atoms with Crippen LogP contribution < -0.4 is 11.4 Å². The van der Waals surface area contributed by atoms with Gasteiger partial charge in [-0.05, 0) is 32.0 Å². The van der Waals surface area contributed by atoms with Gasteiger partial charge in [-0.2, -0.15) is 5.10 Å². The van der Waals surface area contributed by atoms with Gasteiger partial charge in [-0.3, -0.25) is 0 Å². The van der Waals surface area contributed by atoms with Crippen molar-refractivity contribution < 1.29 is 0 Å². The Kier molecular flexibility index (Phi) is 3.23. The van der Waals surface area contributed by atoms with Crippen LogP contribution in [0.4, 0.5) is 0 Å². The molecule has 0 fully saturated rings. The van der Waals surface area contributed by atoms with Crippen LogP contribution in [-0.4, -0.2) is 14.8 Å². The predicted octanol–water partition coefficient (Wildman–Crippen LogP) is 2.06. The van der Waals surface area contributed by atoms with E-state index in [4.69, 9.17) is 28.9 Å². The highest BCUT2D eigenvalue weighted by Gasteiger charge is 2.24. The first-order valence-electron chi connectivity index (χ1n) is 5.23. The maximum absolute atomic E-state index is 11.8. The van der Waals surface area contributed by atoms with Crippen molar-refractivity contribution in [3.63, 3.8) is 0 Å². The summed E-state index contributed by atoms with van der Waals surface area (Å²) in [6, 6.07) is 4.85. The largest absolute Gasteiger partial charge is 0.348 e. The van der Waals surface area contributed by atoms with Crippen LogP contribution in [0.25, 0.3) is 5.69 Å². The van der Waals surface area contributed by atoms with Gasteiger partial charge in [-0.15, -0.1) is 0 Å². The summed E-state index contributed by atoms with van der Waals surface area (Å²) < 4.78 is 1.33. The molecule has 18 heavy (non-hydrogen) atoms. The van der Waals surface area contributed by atoms with Gasteiger partial charge in [0.2, 0.25) is 0 Å². The molecule has 0 amide bonds. The average molecular weight is 287 g/mol. The molecule has 0 bridgehead atoms. The number of benzene rings is 1. The number of nitrogens with zero attached hydrogens (tertiary/aromatic N) is 2. The molecule has 0 radical (unpaired) electrons. The minimum atomic E-state index is -0.787. The summed E-state index contributed by atoms with van der Waals surface area (Å²) in [7, 11) is 0. The third-order valence-corrected chi connectivity index (χ3v) is 2.95. The van der Waals surface area contributed by atoms with Crippen molar-refractivity contribution in [2.75, 3.05) is 0 Å². The Hall–Kier alpha value is -1.30. The molecule has 0 spiro atoms. The highest BCUT2D eigenvalue weighted by molar-refractivity contribution is 6.34. The van der Waals surface area contributed by atoms with Gasteiger partial charge in [0.05, 0.1) is 16.2 Å². The fourth-order valence-electron chi connectivity index (χ4n) is 1.61. The quantitative estimate of drug-likeness (QED) is 0.887. The second kappa shape index (κ2) is 4.42. The molecule has 0 aliphatic carbocycles. The van der Waals surface area contributed by atoms with Crippen molar-refractivity contribution in [1.29, 1.82) is 0 Å². The number of nitrogens with two attached hydrogens (primary N) is 1. The number of hydrogen-bond acceptors (Lipinski definition) is 3. The Bertz CT molecular complexity index is 639. The second-order valence-corrected chi connectivity index (χ2v) is 5.35. The van der Waals surface area contributed by atoms with E-state index in [1.54, 1.807) is 32.0 Å². The molecule has 3 N–H and O–H groups in total. The molecule has 0 aliphatic heterocycles. The first kappa shape index (κ1) is 13.1. The average Bonchev–Trinajstić information content (AvgIpc) is 2.63. The Morgan fingerprint density at radius 1 is 1.39 bits per heavy atom. The molecule has 1 aromatic carbocycles. The topological polar surface area (TPSA) is 76.7 Å². The Morgan fingerprint density at radius 2 is 2.06 bits per heavy atom. The lowest BCUT2D eigenvalue weighted by atomic mass is 10.1. The first-order chi connectivity index (χ1) is 8.30. The van der Waals surface area contributed by atoms with Gasteiger partial charge >= 0.3 is 5.69 Å². The van der Waals surface area contributed by atoms with Crippen LogP contribution in [0.5, 0.6) is 0 Å². The van der Waals surface area contributed by atoms with E-state index in [2.05, 4.69) is 10.2 Å². The van der Waals surface area contributed by atoms with E-state index in [1.165, 1.54) is 4.57 Å². The van der Waals surface area contributed by atoms with Gasteiger partial charge in [-0.25, -0.2) is 14.5 Å². The maximum atomic E-state index is 11.8. The van der Waals surface area contributed by atoms with Crippen LogP contribution in [0.2, 0.25) is 10.0 Å². The summed E-state index contributed by atoms with van der Waals surface area (Å²) in [6.45, 7) is 3.50. The van der Waals surface area contributed by atoms with Crippen molar-refractivity contribution in [2.24, 2.45) is 5.73 Å². The predicted molar refractivity (Wildman–Crippen MR) is 71.4 cm³/mol. The Balaban J connectivity index is 2.75. The lowest BCUT2D eigenvalue weighted by Crippen LogP contribution is -2.34. The minimum absolute atomic E-state index is 0.386. The molecule has 0 aliphatic rings. The maximum Gasteiger partial charge on any atom is 0.348 e. The van der Waals surface area contributed by atoms with Gasteiger partial charge < -0.3 is 5.73 Å². The van der Waals surface area contributed by atoms with Crippen molar-refractivity contribution in [1.82, 2.24) is 14.8 Å². The zero-order valence-corrected chi connectivity index (χ0v) is 11.4. The SMILES string of the molecule is CC(C)(N)c1n[nH]c(=O)n1-c1cc(Cl)ccc1Cl.